The molecule has 0 aliphatic carbocycles. The van der Waals surface area contributed by atoms with Crippen LogP contribution in [0.5, 0.6) is 0 Å². The zero-order valence-electron chi connectivity index (χ0n) is 12.1. The van der Waals surface area contributed by atoms with E-state index in [1.165, 1.54) is 6.42 Å². The minimum Gasteiger partial charge on any atom is -0.373 e. The molecule has 0 aromatic heterocycles. The Morgan fingerprint density at radius 2 is 2.00 bits per heavy atom. The van der Waals surface area contributed by atoms with E-state index >= 15 is 0 Å². The van der Waals surface area contributed by atoms with Gasteiger partial charge in [-0.25, -0.2) is 0 Å². The van der Waals surface area contributed by atoms with Gasteiger partial charge in [0.1, 0.15) is 0 Å². The summed E-state index contributed by atoms with van der Waals surface area (Å²) < 4.78 is 6.19. The van der Waals surface area contributed by atoms with Gasteiger partial charge in [-0.3, -0.25) is 10.1 Å². The first-order chi connectivity index (χ1) is 10.2. The number of rotatable bonds is 7. The Morgan fingerprint density at radius 3 is 2.62 bits per heavy atom. The van der Waals surface area contributed by atoms with Gasteiger partial charge in [0.15, 0.2) is 0 Å². The second kappa shape index (κ2) is 8.66. The molecule has 1 fully saturated rings. The van der Waals surface area contributed by atoms with Crippen LogP contribution in [0.25, 0.3) is 0 Å². The average Bonchev–Trinajstić information content (AvgIpc) is 2.52. The van der Waals surface area contributed by atoms with E-state index in [0.717, 1.165) is 17.1 Å². The zero-order valence-corrected chi connectivity index (χ0v) is 13.8. The summed E-state index contributed by atoms with van der Waals surface area (Å²) >= 11 is 3.68. The van der Waals surface area contributed by atoms with Crippen LogP contribution in [-0.4, -0.2) is 33.7 Å². The van der Waals surface area contributed by atoms with Gasteiger partial charge >= 0.3 is 0 Å². The van der Waals surface area contributed by atoms with Crippen molar-refractivity contribution in [3.05, 3.63) is 46.0 Å². The molecule has 116 valence electrons. The number of thioether (sulfide) groups is 2. The second-order valence-corrected chi connectivity index (χ2v) is 7.94. The van der Waals surface area contributed by atoms with E-state index in [2.05, 4.69) is 0 Å². The molecule has 0 N–H and O–H groups in total. The van der Waals surface area contributed by atoms with Crippen LogP contribution in [0.15, 0.2) is 30.3 Å². The summed E-state index contributed by atoms with van der Waals surface area (Å²) in [4.78, 5) is 10.8. The highest BCUT2D eigenvalue weighted by atomic mass is 32.2. The van der Waals surface area contributed by atoms with Crippen LogP contribution in [0.2, 0.25) is 0 Å². The third kappa shape index (κ3) is 5.52. The summed E-state index contributed by atoms with van der Waals surface area (Å²) in [6, 6.07) is 9.95. The molecule has 0 amide bonds. The molecule has 1 aromatic carbocycles. The zero-order chi connectivity index (χ0) is 15.1. The highest BCUT2D eigenvalue weighted by Crippen LogP contribution is 2.38. The van der Waals surface area contributed by atoms with Gasteiger partial charge in [-0.05, 0) is 30.4 Å². The highest BCUT2D eigenvalue weighted by Gasteiger charge is 2.33. The lowest BCUT2D eigenvalue weighted by atomic mass is 10.1. The Hall–Kier alpha value is -0.720. The van der Waals surface area contributed by atoms with Crippen LogP contribution in [0, 0.1) is 16.0 Å². The van der Waals surface area contributed by atoms with Gasteiger partial charge in [-0.2, -0.15) is 0 Å². The molecule has 1 heterocycles. The van der Waals surface area contributed by atoms with Gasteiger partial charge < -0.3 is 4.74 Å². The van der Waals surface area contributed by atoms with Gasteiger partial charge in [-0.15, -0.1) is 23.5 Å². The minimum absolute atomic E-state index is 0.0133. The summed E-state index contributed by atoms with van der Waals surface area (Å²) in [6.45, 7) is 2.46. The summed E-state index contributed by atoms with van der Waals surface area (Å²) in [5.41, 5.74) is 1.10. The maximum Gasteiger partial charge on any atom is 0.211 e. The van der Waals surface area contributed by atoms with Crippen molar-refractivity contribution in [2.45, 2.75) is 30.6 Å². The van der Waals surface area contributed by atoms with Crippen LogP contribution in [0.4, 0.5) is 0 Å². The first kappa shape index (κ1) is 16.6. The van der Waals surface area contributed by atoms with Crippen LogP contribution in [-0.2, 0) is 11.3 Å². The van der Waals surface area contributed by atoms with Crippen molar-refractivity contribution in [2.24, 2.45) is 5.92 Å². The normalized spacial score (nSPS) is 19.1. The molecule has 21 heavy (non-hydrogen) atoms. The summed E-state index contributed by atoms with van der Waals surface area (Å²) in [5.74, 6) is 2.15. The second-order valence-electron chi connectivity index (χ2n) is 5.14. The molecular formula is C15H21NO3S2. The first-order valence-corrected chi connectivity index (χ1v) is 9.27. The van der Waals surface area contributed by atoms with E-state index in [-0.39, 0.29) is 28.1 Å². The van der Waals surface area contributed by atoms with Gasteiger partial charge in [-0.1, -0.05) is 30.3 Å². The van der Waals surface area contributed by atoms with Gasteiger partial charge in [0.25, 0.3) is 0 Å². The minimum atomic E-state index is -0.206. The smallest absolute Gasteiger partial charge is 0.211 e. The average molecular weight is 327 g/mol. The molecule has 1 aliphatic rings. The van der Waals surface area contributed by atoms with E-state index < -0.39 is 0 Å². The largest absolute Gasteiger partial charge is 0.373 e. The predicted molar refractivity (Wildman–Crippen MR) is 89.4 cm³/mol. The number of benzene rings is 1. The standard InChI is InChI=1S/C15H21NO3S2/c1-12(19-11-13-6-3-2-4-7-13)14(10-16(17)18)15-20-8-5-9-21-15/h2-4,6-7,12,14-15H,5,8-11H2,1H3. The molecule has 4 nitrogen and oxygen atoms in total. The first-order valence-electron chi connectivity index (χ1n) is 7.17. The number of hydrogen-bond donors (Lipinski definition) is 0. The molecule has 1 aliphatic heterocycles. The molecule has 6 heteroatoms. The van der Waals surface area contributed by atoms with Gasteiger partial charge in [0.2, 0.25) is 6.54 Å². The van der Waals surface area contributed by atoms with Crippen LogP contribution in [0.1, 0.15) is 18.9 Å². The van der Waals surface area contributed by atoms with Crippen LogP contribution < -0.4 is 0 Å². The fourth-order valence-corrected chi connectivity index (χ4v) is 5.65. The topological polar surface area (TPSA) is 52.4 Å². The highest BCUT2D eigenvalue weighted by molar-refractivity contribution is 8.17. The maximum absolute atomic E-state index is 11.0. The molecule has 1 aromatic rings. The molecule has 0 saturated carbocycles. The third-order valence-electron chi connectivity index (χ3n) is 3.52. The third-order valence-corrected chi connectivity index (χ3v) is 6.74. The molecule has 0 radical (unpaired) electrons. The van der Waals surface area contributed by atoms with E-state index in [9.17, 15) is 10.1 Å². The lowest BCUT2D eigenvalue weighted by Gasteiger charge is -2.30. The molecule has 2 unspecified atom stereocenters. The SMILES string of the molecule is CC(OCc1ccccc1)C(C[N+](=O)[O-])C1SCCCS1. The van der Waals surface area contributed by atoms with E-state index in [4.69, 9.17) is 4.74 Å². The van der Waals surface area contributed by atoms with Crippen molar-refractivity contribution in [3.8, 4) is 0 Å². The Balaban J connectivity index is 1.93. The Bertz CT molecular complexity index is 438. The van der Waals surface area contributed by atoms with E-state index in [1.54, 1.807) is 0 Å². The maximum atomic E-state index is 11.0. The Morgan fingerprint density at radius 1 is 1.33 bits per heavy atom. The fourth-order valence-electron chi connectivity index (χ4n) is 2.31. The molecule has 2 atom stereocenters. The quantitative estimate of drug-likeness (QED) is 0.565. The molecule has 0 spiro atoms. The molecule has 0 bridgehead atoms. The predicted octanol–water partition coefficient (Wildman–Crippen LogP) is 3.68. The summed E-state index contributed by atoms with van der Waals surface area (Å²) in [7, 11) is 0. The Labute approximate surface area is 134 Å². The van der Waals surface area contributed by atoms with Crippen molar-refractivity contribution < 1.29 is 9.66 Å². The van der Waals surface area contributed by atoms with Crippen LogP contribution >= 0.6 is 23.5 Å². The number of ether oxygens (including phenoxy) is 1. The summed E-state index contributed by atoms with van der Waals surface area (Å²) in [6.07, 6.45) is 1.08. The molecule has 1 saturated heterocycles. The monoisotopic (exact) mass is 327 g/mol. The number of hydrogen-bond acceptors (Lipinski definition) is 5. The van der Waals surface area contributed by atoms with E-state index in [0.29, 0.717) is 6.61 Å². The van der Waals surface area contributed by atoms with Gasteiger partial charge in [0.05, 0.1) is 23.2 Å². The van der Waals surface area contributed by atoms with Crippen molar-refractivity contribution in [2.75, 3.05) is 18.1 Å². The number of nitrogens with zero attached hydrogens (tertiary/aromatic N) is 1. The van der Waals surface area contributed by atoms with E-state index in [1.807, 2.05) is 60.8 Å². The molecule has 2 rings (SSSR count). The Kier molecular flexibility index (Phi) is 6.86. The fraction of sp³-hybridized carbons (Fsp3) is 0.600. The lowest BCUT2D eigenvalue weighted by Crippen LogP contribution is -2.35. The lowest BCUT2D eigenvalue weighted by molar-refractivity contribution is -0.489. The molecular weight excluding hydrogens is 306 g/mol. The number of nitro groups is 1. The van der Waals surface area contributed by atoms with Crippen molar-refractivity contribution >= 4 is 23.5 Å². The van der Waals surface area contributed by atoms with Gasteiger partial charge in [0, 0.05) is 4.92 Å². The summed E-state index contributed by atoms with van der Waals surface area (Å²) in [5, 5.41) is 11.0. The van der Waals surface area contributed by atoms with Crippen molar-refractivity contribution in [1.29, 1.82) is 0 Å². The van der Waals surface area contributed by atoms with Crippen LogP contribution in [0.3, 0.4) is 0 Å². The van der Waals surface area contributed by atoms with Crippen molar-refractivity contribution in [1.82, 2.24) is 0 Å². The van der Waals surface area contributed by atoms with Crippen molar-refractivity contribution in [3.63, 3.8) is 0 Å².